The van der Waals surface area contributed by atoms with Gasteiger partial charge in [0.2, 0.25) is 0 Å². The lowest BCUT2D eigenvalue weighted by Gasteiger charge is -2.19. The normalized spacial score (nSPS) is 10.6. The zero-order chi connectivity index (χ0) is 38.9. The van der Waals surface area contributed by atoms with Crippen molar-refractivity contribution in [3.05, 3.63) is 95.6 Å². The molecule has 0 amide bonds. The standard InChI is InChI=1S/C36H44N2O2.2C4H11N.C2H6/c1-25-16-28(23-34(18-25)39-14-6-12-37)31-20-30(27-8-10-33(11-9-27)36(3,4)5)21-32(22-31)29-17-26(2)19-35(24-29)40-15-7-13-38;2*1-2-3-4-5;1-2/h8-11,16-24H,6-7,12-15,37-38H2,1-5H3;2*2-5H2,1H3;1-2H3. The summed E-state index contributed by atoms with van der Waals surface area (Å²) in [6.07, 6.45) is 6.43. The lowest BCUT2D eigenvalue weighted by atomic mass is 9.85. The fourth-order valence-electron chi connectivity index (χ4n) is 5.24. The van der Waals surface area contributed by atoms with Gasteiger partial charge in [-0.2, -0.15) is 0 Å². The Morgan fingerprint density at radius 1 is 0.462 bits per heavy atom. The number of nitrogens with two attached hydrogens (primary N) is 4. The SMILES string of the molecule is CC.CCCCN.CCCCN.Cc1cc(OCCCN)cc(-c2cc(-c3ccc(C(C)(C)C)cc3)cc(-c3cc(C)cc(OCCCN)c3)c2)c1. The van der Waals surface area contributed by atoms with Crippen molar-refractivity contribution < 1.29 is 9.47 Å². The van der Waals surface area contributed by atoms with Crippen molar-refractivity contribution in [3.8, 4) is 44.9 Å². The summed E-state index contributed by atoms with van der Waals surface area (Å²) in [7, 11) is 0. The van der Waals surface area contributed by atoms with Gasteiger partial charge >= 0.3 is 0 Å². The molecule has 4 aromatic rings. The molecular formula is C46H72N4O2. The van der Waals surface area contributed by atoms with Gasteiger partial charge in [0.25, 0.3) is 0 Å². The molecule has 0 saturated heterocycles. The van der Waals surface area contributed by atoms with Crippen LogP contribution < -0.4 is 32.4 Å². The second-order valence-electron chi connectivity index (χ2n) is 14.0. The third kappa shape index (κ3) is 17.2. The molecule has 0 aromatic heterocycles. The lowest BCUT2D eigenvalue weighted by Crippen LogP contribution is -2.10. The van der Waals surface area contributed by atoms with E-state index in [2.05, 4.69) is 127 Å². The maximum atomic E-state index is 6.04. The van der Waals surface area contributed by atoms with Gasteiger partial charge in [0.15, 0.2) is 0 Å². The van der Waals surface area contributed by atoms with Crippen molar-refractivity contribution in [1.29, 1.82) is 0 Å². The van der Waals surface area contributed by atoms with Gasteiger partial charge in [0.05, 0.1) is 13.2 Å². The van der Waals surface area contributed by atoms with E-state index >= 15 is 0 Å². The predicted octanol–water partition coefficient (Wildman–Crippen LogP) is 10.6. The molecule has 6 heteroatoms. The topological polar surface area (TPSA) is 123 Å². The van der Waals surface area contributed by atoms with Crippen molar-refractivity contribution in [2.45, 2.75) is 106 Å². The van der Waals surface area contributed by atoms with E-state index in [0.717, 1.165) is 70.8 Å². The molecule has 288 valence electrons. The van der Waals surface area contributed by atoms with Crippen LogP contribution in [0.5, 0.6) is 11.5 Å². The molecule has 0 aliphatic carbocycles. The summed E-state index contributed by atoms with van der Waals surface area (Å²) in [6.45, 7) is 23.4. The van der Waals surface area contributed by atoms with Gasteiger partial charge in [-0.1, -0.05) is 97.7 Å². The minimum Gasteiger partial charge on any atom is -0.494 e. The Hall–Kier alpha value is -3.68. The van der Waals surface area contributed by atoms with Gasteiger partial charge in [0, 0.05) is 0 Å². The first-order valence-electron chi connectivity index (χ1n) is 19.6. The molecule has 0 radical (unpaired) electrons. The first-order valence-corrected chi connectivity index (χ1v) is 19.6. The fraction of sp³-hybridized carbons (Fsp3) is 0.478. The Bertz CT molecular complexity index is 1440. The van der Waals surface area contributed by atoms with Gasteiger partial charge in [-0.15, -0.1) is 0 Å². The van der Waals surface area contributed by atoms with Crippen LogP contribution in [0.3, 0.4) is 0 Å². The lowest BCUT2D eigenvalue weighted by molar-refractivity contribution is 0.313. The molecule has 52 heavy (non-hydrogen) atoms. The Kier molecular flexibility index (Phi) is 23.3. The molecule has 0 saturated carbocycles. The van der Waals surface area contributed by atoms with E-state index in [1.165, 1.54) is 42.4 Å². The van der Waals surface area contributed by atoms with Crippen LogP contribution in [0.15, 0.2) is 78.9 Å². The Labute approximate surface area is 317 Å². The van der Waals surface area contributed by atoms with Gasteiger partial charge in [0.1, 0.15) is 11.5 Å². The van der Waals surface area contributed by atoms with Crippen LogP contribution in [0.4, 0.5) is 0 Å². The molecule has 8 N–H and O–H groups in total. The Morgan fingerprint density at radius 2 is 0.808 bits per heavy atom. The number of benzene rings is 4. The van der Waals surface area contributed by atoms with E-state index in [1.54, 1.807) is 0 Å². The summed E-state index contributed by atoms with van der Waals surface area (Å²) < 4.78 is 12.1. The maximum absolute atomic E-state index is 6.04. The molecule has 4 aromatic carbocycles. The highest BCUT2D eigenvalue weighted by Crippen LogP contribution is 2.37. The molecule has 0 aliphatic heterocycles. The van der Waals surface area contributed by atoms with Crippen LogP contribution in [0, 0.1) is 13.8 Å². The summed E-state index contributed by atoms with van der Waals surface area (Å²) in [6, 6.07) is 28.7. The predicted molar refractivity (Wildman–Crippen MR) is 229 cm³/mol. The van der Waals surface area contributed by atoms with E-state index in [0.29, 0.717) is 26.3 Å². The number of hydrogen-bond donors (Lipinski definition) is 4. The average molecular weight is 713 g/mol. The largest absolute Gasteiger partial charge is 0.494 e. The molecule has 6 nitrogen and oxygen atoms in total. The minimum absolute atomic E-state index is 0.106. The van der Waals surface area contributed by atoms with E-state index in [9.17, 15) is 0 Å². The first-order chi connectivity index (χ1) is 25.0. The third-order valence-corrected chi connectivity index (χ3v) is 8.14. The van der Waals surface area contributed by atoms with Crippen LogP contribution in [0.2, 0.25) is 0 Å². The zero-order valence-corrected chi connectivity index (χ0v) is 34.1. The van der Waals surface area contributed by atoms with E-state index in [4.69, 9.17) is 32.4 Å². The zero-order valence-electron chi connectivity index (χ0n) is 34.1. The summed E-state index contributed by atoms with van der Waals surface area (Å²) in [4.78, 5) is 0. The van der Waals surface area contributed by atoms with Gasteiger partial charge < -0.3 is 32.4 Å². The first kappa shape index (κ1) is 46.3. The Morgan fingerprint density at radius 3 is 1.12 bits per heavy atom. The second-order valence-corrected chi connectivity index (χ2v) is 14.0. The monoisotopic (exact) mass is 713 g/mol. The van der Waals surface area contributed by atoms with E-state index in [-0.39, 0.29) is 5.41 Å². The third-order valence-electron chi connectivity index (χ3n) is 8.14. The number of aryl methyl sites for hydroxylation is 2. The number of hydrogen-bond acceptors (Lipinski definition) is 6. The fourth-order valence-corrected chi connectivity index (χ4v) is 5.24. The highest BCUT2D eigenvalue weighted by molar-refractivity contribution is 5.82. The van der Waals surface area contributed by atoms with Crippen LogP contribution >= 0.6 is 0 Å². The molecule has 0 bridgehead atoms. The molecule has 0 aliphatic rings. The molecular weight excluding hydrogens is 641 g/mol. The van der Waals surface area contributed by atoms with Gasteiger partial charge in [-0.25, -0.2) is 0 Å². The molecule has 0 unspecified atom stereocenters. The highest BCUT2D eigenvalue weighted by atomic mass is 16.5. The Balaban J connectivity index is 0.000000981. The molecule has 0 atom stereocenters. The van der Waals surface area contributed by atoms with Crippen LogP contribution in [0.25, 0.3) is 33.4 Å². The maximum Gasteiger partial charge on any atom is 0.120 e. The molecule has 0 spiro atoms. The van der Waals surface area contributed by atoms with Crippen molar-refractivity contribution >= 4 is 0 Å². The van der Waals surface area contributed by atoms with E-state index in [1.807, 2.05) is 13.8 Å². The van der Waals surface area contributed by atoms with Crippen molar-refractivity contribution in [3.63, 3.8) is 0 Å². The van der Waals surface area contributed by atoms with E-state index < -0.39 is 0 Å². The average Bonchev–Trinajstić information content (AvgIpc) is 3.13. The number of ether oxygens (including phenoxy) is 2. The van der Waals surface area contributed by atoms with Gasteiger partial charge in [-0.3, -0.25) is 0 Å². The number of unbranched alkanes of at least 4 members (excludes halogenated alkanes) is 2. The summed E-state index contributed by atoms with van der Waals surface area (Å²) in [5, 5.41) is 0. The minimum atomic E-state index is 0.106. The van der Waals surface area contributed by atoms with Crippen molar-refractivity contribution in [2.24, 2.45) is 22.9 Å². The second kappa shape index (κ2) is 26.1. The quantitative estimate of drug-likeness (QED) is 0.0910. The summed E-state index contributed by atoms with van der Waals surface area (Å²) in [5.41, 5.74) is 32.3. The van der Waals surface area contributed by atoms with Gasteiger partial charge in [-0.05, 0) is 164 Å². The smallest absolute Gasteiger partial charge is 0.120 e. The summed E-state index contributed by atoms with van der Waals surface area (Å²) >= 11 is 0. The number of rotatable bonds is 15. The summed E-state index contributed by atoms with van der Waals surface area (Å²) in [5.74, 6) is 1.74. The molecule has 4 rings (SSSR count). The van der Waals surface area contributed by atoms with Crippen LogP contribution in [-0.4, -0.2) is 39.4 Å². The van der Waals surface area contributed by atoms with Crippen LogP contribution in [0.1, 0.15) is 104 Å². The van der Waals surface area contributed by atoms with Crippen LogP contribution in [-0.2, 0) is 5.41 Å². The van der Waals surface area contributed by atoms with Crippen molar-refractivity contribution in [1.82, 2.24) is 0 Å². The molecule has 0 heterocycles. The highest BCUT2D eigenvalue weighted by Gasteiger charge is 2.15. The molecule has 0 fully saturated rings. The van der Waals surface area contributed by atoms with Crippen molar-refractivity contribution in [2.75, 3.05) is 39.4 Å².